The van der Waals surface area contributed by atoms with E-state index in [9.17, 15) is 21.0 Å². The summed E-state index contributed by atoms with van der Waals surface area (Å²) in [5.74, 6) is -3.79. The standard InChI is InChI=1S/C60H34N6O8S5/c61-27-39(28-62)65-47-23-21-43(75-47)41-25-46-49(59(41,55(67)71-31-35-13-5-1-6-14-35)56(68)72-32-36-15-7-2-8-16-36)52-54(78-46)50-53(79-52)51-42(26-45(77-51)44-22-24-48(76-44)66-40(29-63)30-64)60(50,57(69)73-33-37-17-9-3-10-18-37)58(70)74-34-38-19-11-4-12-20-38/h1-26H,31-34H2. The quantitative estimate of drug-likeness (QED) is 0.0381. The number of hydrogen-bond donors (Lipinski definition) is 0. The number of thiophene rings is 5. The van der Waals surface area contributed by atoms with Gasteiger partial charge in [0, 0.05) is 41.8 Å². The van der Waals surface area contributed by atoms with Crippen LogP contribution in [0.15, 0.2) is 162 Å². The molecule has 0 atom stereocenters. The zero-order chi connectivity index (χ0) is 54.7. The highest BCUT2D eigenvalue weighted by molar-refractivity contribution is 7.33. The van der Waals surface area contributed by atoms with Crippen LogP contribution in [0.2, 0.25) is 0 Å². The van der Waals surface area contributed by atoms with Crippen molar-refractivity contribution in [2.24, 2.45) is 9.98 Å². The molecule has 19 heteroatoms. The molecule has 0 N–H and O–H groups in total. The average Bonchev–Trinajstić information content (AvgIpc) is 3.55. The van der Waals surface area contributed by atoms with Crippen LogP contribution in [0.5, 0.6) is 0 Å². The van der Waals surface area contributed by atoms with Crippen LogP contribution in [0.3, 0.4) is 0 Å². The minimum Gasteiger partial charge on any atom is -0.459 e. The number of ether oxygens (including phenoxy) is 4. The van der Waals surface area contributed by atoms with E-state index in [2.05, 4.69) is 9.98 Å². The van der Waals surface area contributed by atoms with Gasteiger partial charge in [0.2, 0.25) is 22.3 Å². The van der Waals surface area contributed by atoms with Gasteiger partial charge in [0.1, 0.15) is 60.7 Å². The van der Waals surface area contributed by atoms with Crippen molar-refractivity contribution in [3.63, 3.8) is 0 Å². The second kappa shape index (κ2) is 21.9. The molecule has 2 aliphatic rings. The SMILES string of the molecule is N#CC(C#N)=Nc1ccc(C2=Cc3sc4c5c(sc4c3C2(C(=O)OCc2ccccc2)C(=O)OCc2ccccc2)-c2sc(-c3ccc(N=C(C#N)C#N)s3)cc2C5(C(=O)OCc2ccccc2)C(=O)OCc2ccccc2)s1. The number of aliphatic imine (C=N–C) groups is 2. The number of carbonyl (C=O) groups is 4. The summed E-state index contributed by atoms with van der Waals surface area (Å²) in [6.45, 7) is -0.870. The molecule has 0 saturated carbocycles. The summed E-state index contributed by atoms with van der Waals surface area (Å²) < 4.78 is 25.8. The molecule has 14 nitrogen and oxygen atoms in total. The van der Waals surface area contributed by atoms with Crippen molar-refractivity contribution >= 4 is 123 Å². The molecule has 9 aromatic rings. The second-order valence-corrected chi connectivity index (χ2v) is 22.9. The Morgan fingerprint density at radius 2 is 0.835 bits per heavy atom. The summed E-state index contributed by atoms with van der Waals surface area (Å²) in [6, 6.07) is 51.5. The van der Waals surface area contributed by atoms with E-state index in [1.54, 1.807) is 158 Å². The summed E-state index contributed by atoms with van der Waals surface area (Å²) in [5.41, 5.74) is -1.85. The molecule has 11 rings (SSSR count). The normalized spacial score (nSPS) is 12.9. The number of benzene rings is 4. The number of fused-ring (bicyclic) bond motifs is 7. The van der Waals surface area contributed by atoms with E-state index in [0.29, 0.717) is 71.5 Å². The predicted molar refractivity (Wildman–Crippen MR) is 303 cm³/mol. The van der Waals surface area contributed by atoms with Gasteiger partial charge in [-0.2, -0.15) is 21.0 Å². The van der Waals surface area contributed by atoms with Gasteiger partial charge in [-0.3, -0.25) is 19.2 Å². The third kappa shape index (κ3) is 9.32. The lowest BCUT2D eigenvalue weighted by Crippen LogP contribution is -2.46. The smallest absolute Gasteiger partial charge is 0.333 e. The molecule has 0 saturated heterocycles. The molecule has 0 radical (unpaired) electrons. The van der Waals surface area contributed by atoms with Gasteiger partial charge in [0.15, 0.2) is 0 Å². The van der Waals surface area contributed by atoms with Crippen LogP contribution in [0, 0.1) is 45.3 Å². The van der Waals surface area contributed by atoms with Crippen LogP contribution >= 0.6 is 56.7 Å². The van der Waals surface area contributed by atoms with E-state index >= 15 is 19.2 Å². The Hall–Kier alpha value is -9.44. The minimum absolute atomic E-state index is 0.185. The topological polar surface area (TPSA) is 225 Å². The van der Waals surface area contributed by atoms with Crippen molar-refractivity contribution in [3.8, 4) is 43.8 Å². The van der Waals surface area contributed by atoms with Gasteiger partial charge in [0.25, 0.3) is 0 Å². The van der Waals surface area contributed by atoms with Crippen molar-refractivity contribution in [2.75, 3.05) is 0 Å². The highest BCUT2D eigenvalue weighted by Crippen LogP contribution is 2.66. The van der Waals surface area contributed by atoms with Crippen LogP contribution in [0.4, 0.5) is 10.0 Å². The Balaban J connectivity index is 1.16. The van der Waals surface area contributed by atoms with E-state index in [4.69, 9.17) is 18.9 Å². The molecular formula is C60H34N6O8S5. The Bertz CT molecular complexity index is 4040. The molecular weight excluding hydrogens is 1090 g/mol. The van der Waals surface area contributed by atoms with E-state index in [1.807, 2.05) is 24.3 Å². The molecule has 4 aromatic carbocycles. The van der Waals surface area contributed by atoms with Gasteiger partial charge in [-0.05, 0) is 58.7 Å². The lowest BCUT2D eigenvalue weighted by molar-refractivity contribution is -0.165. The maximum Gasteiger partial charge on any atom is 0.333 e. The number of nitriles is 4. The molecule has 5 aromatic heterocycles. The maximum atomic E-state index is 15.7. The molecule has 0 unspecified atom stereocenters. The van der Waals surface area contributed by atoms with Crippen LogP contribution in [0.1, 0.15) is 48.7 Å². The van der Waals surface area contributed by atoms with E-state index in [0.717, 1.165) is 11.3 Å². The summed E-state index contributed by atoms with van der Waals surface area (Å²) in [7, 11) is 0. The lowest BCUT2D eigenvalue weighted by atomic mass is 9.76. The summed E-state index contributed by atoms with van der Waals surface area (Å²) in [5, 5.41) is 38.8. The fraction of sp³-hybridized carbons (Fsp3) is 0.100. The zero-order valence-corrected chi connectivity index (χ0v) is 44.9. The van der Waals surface area contributed by atoms with Crippen molar-refractivity contribution < 1.29 is 38.1 Å². The Morgan fingerprint density at radius 1 is 0.430 bits per heavy atom. The Kier molecular flexibility index (Phi) is 14.3. The molecule has 0 bridgehead atoms. The first-order valence-corrected chi connectivity index (χ1v) is 28.0. The Labute approximate surface area is 470 Å². The largest absolute Gasteiger partial charge is 0.459 e. The molecule has 0 aliphatic heterocycles. The van der Waals surface area contributed by atoms with Crippen molar-refractivity contribution in [3.05, 3.63) is 200 Å². The summed E-state index contributed by atoms with van der Waals surface area (Å²) >= 11 is 5.91. The maximum absolute atomic E-state index is 15.7. The summed E-state index contributed by atoms with van der Waals surface area (Å²) in [6.07, 6.45) is 1.70. The Morgan fingerprint density at radius 3 is 1.28 bits per heavy atom. The number of hydrogen-bond acceptors (Lipinski definition) is 19. The third-order valence-electron chi connectivity index (χ3n) is 13.0. The van der Waals surface area contributed by atoms with Crippen LogP contribution in [-0.2, 0) is 75.4 Å². The van der Waals surface area contributed by atoms with E-state index in [1.165, 1.54) is 45.3 Å². The van der Waals surface area contributed by atoms with Crippen molar-refractivity contribution in [2.45, 2.75) is 37.3 Å². The van der Waals surface area contributed by atoms with Gasteiger partial charge in [-0.15, -0.1) is 56.7 Å². The highest BCUT2D eigenvalue weighted by atomic mass is 32.1. The first-order valence-electron chi connectivity index (χ1n) is 23.9. The minimum atomic E-state index is -2.36. The molecule has 0 spiro atoms. The van der Waals surface area contributed by atoms with Crippen LogP contribution in [0.25, 0.3) is 40.6 Å². The first kappa shape index (κ1) is 51.7. The van der Waals surface area contributed by atoms with Gasteiger partial charge in [0.05, 0.1) is 19.2 Å². The van der Waals surface area contributed by atoms with Gasteiger partial charge in [-0.1, -0.05) is 121 Å². The molecule has 0 amide bonds. The fourth-order valence-corrected chi connectivity index (χ4v) is 15.7. The van der Waals surface area contributed by atoms with Crippen LogP contribution in [-0.4, -0.2) is 35.3 Å². The predicted octanol–water partition coefficient (Wildman–Crippen LogP) is 13.1. The van der Waals surface area contributed by atoms with Crippen molar-refractivity contribution in [1.29, 1.82) is 21.0 Å². The molecule has 79 heavy (non-hydrogen) atoms. The average molecular weight is 1130 g/mol. The molecule has 2 aliphatic carbocycles. The fourth-order valence-electron chi connectivity index (χ4n) is 9.40. The van der Waals surface area contributed by atoms with E-state index in [-0.39, 0.29) is 53.8 Å². The highest BCUT2D eigenvalue weighted by Gasteiger charge is 2.64. The lowest BCUT2D eigenvalue weighted by Gasteiger charge is -2.29. The van der Waals surface area contributed by atoms with Crippen LogP contribution < -0.4 is 0 Å². The number of carbonyl (C=O) groups excluding carboxylic acids is 4. The van der Waals surface area contributed by atoms with Crippen molar-refractivity contribution in [1.82, 2.24) is 0 Å². The monoisotopic (exact) mass is 1130 g/mol. The second-order valence-electron chi connectivity index (χ2n) is 17.6. The number of rotatable bonds is 16. The van der Waals surface area contributed by atoms with Gasteiger partial charge >= 0.3 is 23.9 Å². The number of esters is 4. The third-order valence-corrected chi connectivity index (χ3v) is 18.9. The summed E-state index contributed by atoms with van der Waals surface area (Å²) in [4.78, 5) is 74.4. The van der Waals surface area contributed by atoms with Gasteiger partial charge < -0.3 is 18.9 Å². The van der Waals surface area contributed by atoms with Gasteiger partial charge in [-0.25, -0.2) is 9.98 Å². The molecule has 5 heterocycles. The van der Waals surface area contributed by atoms with E-state index < -0.39 is 40.4 Å². The first-order chi connectivity index (χ1) is 38.6. The molecule has 382 valence electrons. The zero-order valence-electron chi connectivity index (χ0n) is 40.8. The number of nitrogens with zero attached hydrogens (tertiary/aromatic N) is 6. The molecule has 0 fully saturated rings.